The van der Waals surface area contributed by atoms with Crippen LogP contribution in [0.15, 0.2) is 42.5 Å². The first-order valence-electron chi connectivity index (χ1n) is 6.58. The highest BCUT2D eigenvalue weighted by Gasteiger charge is 2.37. The van der Waals surface area contributed by atoms with Crippen molar-refractivity contribution < 1.29 is 5.11 Å². The van der Waals surface area contributed by atoms with Crippen LogP contribution in [-0.2, 0) is 0 Å². The fourth-order valence-corrected chi connectivity index (χ4v) is 2.66. The zero-order chi connectivity index (χ0) is 13.0. The molecule has 18 heavy (non-hydrogen) atoms. The maximum absolute atomic E-state index is 10.7. The molecule has 1 fully saturated rings. The highest BCUT2D eigenvalue weighted by molar-refractivity contribution is 5.37. The molecule has 1 saturated carbocycles. The minimum atomic E-state index is -0.889. The lowest BCUT2D eigenvalue weighted by atomic mass is 9.72. The molecule has 0 saturated heterocycles. The van der Waals surface area contributed by atoms with Crippen molar-refractivity contribution in [2.75, 3.05) is 0 Å². The Kier molecular flexibility index (Phi) is 3.89. The first kappa shape index (κ1) is 12.9. The molecule has 0 amide bonds. The summed E-state index contributed by atoms with van der Waals surface area (Å²) in [6, 6.07) is 9.83. The van der Waals surface area contributed by atoms with Gasteiger partial charge in [0.05, 0.1) is 0 Å². The van der Waals surface area contributed by atoms with E-state index in [1.807, 2.05) is 37.3 Å². The van der Waals surface area contributed by atoms with Gasteiger partial charge in [0.2, 0.25) is 0 Å². The summed E-state index contributed by atoms with van der Waals surface area (Å²) in [5, 5.41) is 10.7. The smallest absolute Gasteiger partial charge is 0.132 e. The zero-order valence-corrected chi connectivity index (χ0v) is 10.9. The average Bonchev–Trinajstić information content (AvgIpc) is 2.38. The lowest BCUT2D eigenvalue weighted by Crippen LogP contribution is -2.39. The minimum absolute atomic E-state index is 0.113. The Hall–Kier alpha value is -1.52. The maximum Gasteiger partial charge on any atom is 0.132 e. The van der Waals surface area contributed by atoms with Gasteiger partial charge in [0.15, 0.2) is 0 Å². The van der Waals surface area contributed by atoms with Gasteiger partial charge >= 0.3 is 0 Å². The van der Waals surface area contributed by atoms with E-state index in [0.29, 0.717) is 0 Å². The van der Waals surface area contributed by atoms with Gasteiger partial charge in [-0.1, -0.05) is 48.6 Å². The lowest BCUT2D eigenvalue weighted by molar-refractivity contribution is 0.0205. The van der Waals surface area contributed by atoms with E-state index >= 15 is 0 Å². The third-order valence-electron chi connectivity index (χ3n) is 3.67. The van der Waals surface area contributed by atoms with E-state index in [9.17, 15) is 5.11 Å². The summed E-state index contributed by atoms with van der Waals surface area (Å²) < 4.78 is 0. The van der Waals surface area contributed by atoms with Gasteiger partial charge < -0.3 is 5.11 Å². The second-order valence-electron chi connectivity index (χ2n) is 5.19. The monoisotopic (exact) mass is 240 g/mol. The van der Waals surface area contributed by atoms with Gasteiger partial charge in [0, 0.05) is 11.5 Å². The Morgan fingerprint density at radius 1 is 1.33 bits per heavy atom. The van der Waals surface area contributed by atoms with Gasteiger partial charge in [-0.15, -0.1) is 0 Å². The topological polar surface area (TPSA) is 20.2 Å². The SMILES string of the molecule is C=C(C)C1CCCCC1(O)C#Cc1ccccc1. The predicted octanol–water partition coefficient (Wildman–Crippen LogP) is 3.54. The van der Waals surface area contributed by atoms with Crippen molar-refractivity contribution in [1.29, 1.82) is 0 Å². The molecular weight excluding hydrogens is 220 g/mol. The van der Waals surface area contributed by atoms with Crippen LogP contribution in [0.25, 0.3) is 0 Å². The molecule has 1 aliphatic rings. The van der Waals surface area contributed by atoms with Gasteiger partial charge in [-0.05, 0) is 38.3 Å². The maximum atomic E-state index is 10.7. The van der Waals surface area contributed by atoms with E-state index in [-0.39, 0.29) is 5.92 Å². The van der Waals surface area contributed by atoms with Gasteiger partial charge in [-0.2, -0.15) is 0 Å². The predicted molar refractivity (Wildman–Crippen MR) is 75.0 cm³/mol. The Morgan fingerprint density at radius 3 is 2.72 bits per heavy atom. The lowest BCUT2D eigenvalue weighted by Gasteiger charge is -2.36. The number of aliphatic hydroxyl groups is 1. The normalized spacial score (nSPS) is 27.1. The number of rotatable bonds is 1. The van der Waals surface area contributed by atoms with Crippen LogP contribution in [-0.4, -0.2) is 10.7 Å². The summed E-state index contributed by atoms with van der Waals surface area (Å²) >= 11 is 0. The molecule has 0 heterocycles. The van der Waals surface area contributed by atoms with E-state index in [4.69, 9.17) is 0 Å². The number of hydrogen-bond acceptors (Lipinski definition) is 1. The molecule has 2 rings (SSSR count). The molecule has 1 aliphatic carbocycles. The summed E-state index contributed by atoms with van der Waals surface area (Å²) in [6.45, 7) is 5.99. The second-order valence-corrected chi connectivity index (χ2v) is 5.19. The van der Waals surface area contributed by atoms with Crippen molar-refractivity contribution in [1.82, 2.24) is 0 Å². The van der Waals surface area contributed by atoms with E-state index in [2.05, 4.69) is 18.4 Å². The molecule has 1 aromatic rings. The number of hydrogen-bond donors (Lipinski definition) is 1. The molecule has 94 valence electrons. The van der Waals surface area contributed by atoms with Crippen LogP contribution in [0.5, 0.6) is 0 Å². The third kappa shape index (κ3) is 2.83. The standard InChI is InChI=1S/C17H20O/c1-14(2)16-10-6-7-12-17(16,18)13-11-15-8-4-3-5-9-15/h3-5,8-9,16,18H,1,6-7,10,12H2,2H3. The first-order chi connectivity index (χ1) is 8.62. The second kappa shape index (κ2) is 5.42. The molecule has 2 unspecified atom stereocenters. The summed E-state index contributed by atoms with van der Waals surface area (Å²) in [4.78, 5) is 0. The van der Waals surface area contributed by atoms with Crippen molar-refractivity contribution in [3.05, 3.63) is 48.0 Å². The minimum Gasteiger partial charge on any atom is -0.377 e. The van der Waals surface area contributed by atoms with E-state index in [1.165, 1.54) is 0 Å². The fraction of sp³-hybridized carbons (Fsp3) is 0.412. The van der Waals surface area contributed by atoms with Crippen LogP contribution in [0.2, 0.25) is 0 Å². The van der Waals surface area contributed by atoms with Crippen LogP contribution in [0, 0.1) is 17.8 Å². The summed E-state index contributed by atoms with van der Waals surface area (Å²) in [5.41, 5.74) is 1.11. The van der Waals surface area contributed by atoms with E-state index in [1.54, 1.807) is 0 Å². The van der Waals surface area contributed by atoms with Crippen LogP contribution < -0.4 is 0 Å². The largest absolute Gasteiger partial charge is 0.377 e. The molecule has 2 atom stereocenters. The zero-order valence-electron chi connectivity index (χ0n) is 10.9. The van der Waals surface area contributed by atoms with Crippen molar-refractivity contribution in [2.45, 2.75) is 38.2 Å². The van der Waals surface area contributed by atoms with Crippen LogP contribution in [0.3, 0.4) is 0 Å². The van der Waals surface area contributed by atoms with Gasteiger partial charge in [0.25, 0.3) is 0 Å². The molecule has 0 aliphatic heterocycles. The number of benzene rings is 1. The van der Waals surface area contributed by atoms with Gasteiger partial charge in [0.1, 0.15) is 5.60 Å². The quantitative estimate of drug-likeness (QED) is 0.588. The van der Waals surface area contributed by atoms with E-state index < -0.39 is 5.60 Å². The Labute approximate surface area is 110 Å². The Balaban J connectivity index is 2.24. The average molecular weight is 240 g/mol. The van der Waals surface area contributed by atoms with Crippen molar-refractivity contribution >= 4 is 0 Å². The Bertz CT molecular complexity index is 477. The highest BCUT2D eigenvalue weighted by atomic mass is 16.3. The molecule has 1 heteroatoms. The summed E-state index contributed by atoms with van der Waals surface area (Å²) in [6.07, 6.45) is 3.95. The van der Waals surface area contributed by atoms with Crippen molar-refractivity contribution in [3.63, 3.8) is 0 Å². The van der Waals surface area contributed by atoms with Crippen LogP contribution >= 0.6 is 0 Å². The van der Waals surface area contributed by atoms with Crippen molar-refractivity contribution in [2.24, 2.45) is 5.92 Å². The molecule has 1 nitrogen and oxygen atoms in total. The van der Waals surface area contributed by atoms with E-state index in [0.717, 1.165) is 36.8 Å². The molecule has 0 bridgehead atoms. The molecule has 1 aromatic carbocycles. The van der Waals surface area contributed by atoms with Gasteiger partial charge in [-0.3, -0.25) is 0 Å². The summed E-state index contributed by atoms with van der Waals surface area (Å²) in [7, 11) is 0. The Morgan fingerprint density at radius 2 is 2.06 bits per heavy atom. The molecule has 0 spiro atoms. The molecule has 0 aromatic heterocycles. The first-order valence-corrected chi connectivity index (χ1v) is 6.58. The third-order valence-corrected chi connectivity index (χ3v) is 3.67. The van der Waals surface area contributed by atoms with Gasteiger partial charge in [-0.25, -0.2) is 0 Å². The highest BCUT2D eigenvalue weighted by Crippen LogP contribution is 2.37. The summed E-state index contributed by atoms with van der Waals surface area (Å²) in [5.74, 6) is 6.30. The molecule has 1 N–H and O–H groups in total. The fourth-order valence-electron chi connectivity index (χ4n) is 2.66. The van der Waals surface area contributed by atoms with Crippen LogP contribution in [0.1, 0.15) is 38.2 Å². The molecular formula is C17H20O. The molecule has 0 radical (unpaired) electrons. The van der Waals surface area contributed by atoms with Crippen molar-refractivity contribution in [3.8, 4) is 11.8 Å². The van der Waals surface area contributed by atoms with Crippen LogP contribution in [0.4, 0.5) is 0 Å².